The van der Waals surface area contributed by atoms with E-state index in [2.05, 4.69) is 49.2 Å². The van der Waals surface area contributed by atoms with Crippen LogP contribution >= 0.6 is 0 Å². The largest absolute Gasteiger partial charge is 0.508 e. The predicted molar refractivity (Wildman–Crippen MR) is 107 cm³/mol. The Bertz CT molecular complexity index is 856. The Balaban J connectivity index is 0.000000138. The third kappa shape index (κ3) is 6.19. The molecule has 0 aliphatic heterocycles. The van der Waals surface area contributed by atoms with Gasteiger partial charge in [-0.05, 0) is 44.5 Å². The molecule has 0 saturated carbocycles. The second kappa shape index (κ2) is 9.33. The molecule has 4 aromatic rings. The van der Waals surface area contributed by atoms with Gasteiger partial charge in [0.25, 0.3) is 0 Å². The molecule has 0 bridgehead atoms. The lowest BCUT2D eigenvalue weighted by Gasteiger charge is -1.89. The van der Waals surface area contributed by atoms with Gasteiger partial charge in [-0.15, -0.1) is 0 Å². The van der Waals surface area contributed by atoms with Crippen molar-refractivity contribution in [3.8, 4) is 5.75 Å². The Morgan fingerprint density at radius 1 is 0.640 bits per heavy atom. The van der Waals surface area contributed by atoms with Gasteiger partial charge in [-0.25, -0.2) is 0 Å². The van der Waals surface area contributed by atoms with Crippen LogP contribution in [0.1, 0.15) is 16.7 Å². The monoisotopic (exact) mass is 331 g/mol. The molecule has 0 fully saturated rings. The average molecular weight is 331 g/mol. The first-order valence-electron chi connectivity index (χ1n) is 8.36. The van der Waals surface area contributed by atoms with E-state index in [-0.39, 0.29) is 0 Å². The predicted octanol–water partition coefficient (Wildman–Crippen LogP) is 6.17. The molecule has 25 heavy (non-hydrogen) atoms. The van der Waals surface area contributed by atoms with Gasteiger partial charge in [-0.1, -0.05) is 71.8 Å². The number of hydrogen-bond donors (Lipinski definition) is 2. The third-order valence-corrected chi connectivity index (χ3v) is 3.77. The maximum atomic E-state index is 8.76. The molecule has 0 aliphatic carbocycles. The van der Waals surface area contributed by atoms with Crippen molar-refractivity contribution in [2.75, 3.05) is 0 Å². The second-order valence-electron chi connectivity index (χ2n) is 6.01. The fourth-order valence-corrected chi connectivity index (χ4v) is 2.30. The van der Waals surface area contributed by atoms with E-state index in [4.69, 9.17) is 5.11 Å². The van der Waals surface area contributed by atoms with E-state index >= 15 is 0 Å². The molecule has 0 amide bonds. The van der Waals surface area contributed by atoms with E-state index in [1.54, 1.807) is 12.1 Å². The maximum Gasteiger partial charge on any atom is 0.115 e. The normalized spacial score (nSPS) is 9.56. The minimum Gasteiger partial charge on any atom is -0.508 e. The van der Waals surface area contributed by atoms with E-state index in [1.807, 2.05) is 49.5 Å². The lowest BCUT2D eigenvalue weighted by Crippen LogP contribution is -1.66. The third-order valence-electron chi connectivity index (χ3n) is 3.77. The lowest BCUT2D eigenvalue weighted by molar-refractivity contribution is 0.475. The average Bonchev–Trinajstić information content (AvgIpc) is 3.01. The van der Waals surface area contributed by atoms with Crippen LogP contribution in [-0.4, -0.2) is 10.1 Å². The molecule has 0 atom stereocenters. The van der Waals surface area contributed by atoms with Gasteiger partial charge in [0.15, 0.2) is 0 Å². The number of aromatic hydroxyl groups is 1. The number of aromatic amines is 1. The van der Waals surface area contributed by atoms with Crippen molar-refractivity contribution in [1.82, 2.24) is 4.98 Å². The van der Waals surface area contributed by atoms with Crippen LogP contribution in [-0.2, 0) is 0 Å². The molecule has 0 aliphatic rings. The van der Waals surface area contributed by atoms with Crippen molar-refractivity contribution in [3.05, 3.63) is 102 Å². The van der Waals surface area contributed by atoms with Crippen LogP contribution in [0.3, 0.4) is 0 Å². The van der Waals surface area contributed by atoms with Crippen molar-refractivity contribution >= 4 is 10.9 Å². The number of hydrogen-bond acceptors (Lipinski definition) is 1. The minimum atomic E-state index is 0.329. The van der Waals surface area contributed by atoms with Gasteiger partial charge >= 0.3 is 0 Å². The summed E-state index contributed by atoms with van der Waals surface area (Å²) in [5, 5.41) is 10.1. The summed E-state index contributed by atoms with van der Waals surface area (Å²) in [4.78, 5) is 3.19. The number of phenols is 1. The highest BCUT2D eigenvalue weighted by atomic mass is 16.3. The van der Waals surface area contributed by atoms with Crippen LogP contribution in [0.15, 0.2) is 85.1 Å². The van der Waals surface area contributed by atoms with Crippen LogP contribution in [0.4, 0.5) is 0 Å². The first kappa shape index (κ1) is 18.3. The van der Waals surface area contributed by atoms with Gasteiger partial charge in [0.1, 0.15) is 5.75 Å². The SMILES string of the molecule is Cc1c[nH]c2ccccc12.Cc1ccc(O)cc1.Cc1ccccc1. The summed E-state index contributed by atoms with van der Waals surface area (Å²) < 4.78 is 0. The molecular formula is C23H25NO. The fraction of sp³-hybridized carbons (Fsp3) is 0.130. The van der Waals surface area contributed by atoms with Crippen LogP contribution in [0.2, 0.25) is 0 Å². The number of rotatable bonds is 0. The number of H-pyrrole nitrogens is 1. The van der Waals surface area contributed by atoms with Gasteiger partial charge in [0.05, 0.1) is 0 Å². The summed E-state index contributed by atoms with van der Waals surface area (Å²) in [6.07, 6.45) is 2.03. The van der Waals surface area contributed by atoms with Gasteiger partial charge in [0, 0.05) is 17.1 Å². The number of fused-ring (bicyclic) bond motifs is 1. The number of nitrogens with one attached hydrogen (secondary N) is 1. The molecule has 3 aromatic carbocycles. The van der Waals surface area contributed by atoms with Crippen LogP contribution in [0.25, 0.3) is 10.9 Å². The zero-order chi connectivity index (χ0) is 18.1. The number of para-hydroxylation sites is 1. The molecular weight excluding hydrogens is 306 g/mol. The van der Waals surface area contributed by atoms with Crippen molar-refractivity contribution < 1.29 is 5.11 Å². The molecule has 0 radical (unpaired) electrons. The van der Waals surface area contributed by atoms with E-state index in [9.17, 15) is 0 Å². The Morgan fingerprint density at radius 3 is 1.72 bits per heavy atom. The fourth-order valence-electron chi connectivity index (χ4n) is 2.30. The summed E-state index contributed by atoms with van der Waals surface area (Å²) in [7, 11) is 0. The van der Waals surface area contributed by atoms with Gasteiger partial charge in [0.2, 0.25) is 0 Å². The molecule has 0 spiro atoms. The molecule has 1 aromatic heterocycles. The molecule has 2 N–H and O–H groups in total. The smallest absolute Gasteiger partial charge is 0.115 e. The Morgan fingerprint density at radius 2 is 1.20 bits per heavy atom. The Kier molecular flexibility index (Phi) is 6.85. The topological polar surface area (TPSA) is 36.0 Å². The summed E-state index contributed by atoms with van der Waals surface area (Å²) in [6.45, 7) is 6.18. The number of aromatic nitrogens is 1. The molecule has 0 unspecified atom stereocenters. The molecule has 4 rings (SSSR count). The molecule has 128 valence electrons. The number of aryl methyl sites for hydroxylation is 3. The zero-order valence-electron chi connectivity index (χ0n) is 15.0. The Labute approximate surface area is 149 Å². The van der Waals surface area contributed by atoms with Crippen LogP contribution in [0, 0.1) is 20.8 Å². The zero-order valence-corrected chi connectivity index (χ0v) is 15.0. The molecule has 0 saturated heterocycles. The summed E-state index contributed by atoms with van der Waals surface area (Å²) in [5.74, 6) is 0.329. The van der Waals surface area contributed by atoms with Gasteiger partial charge < -0.3 is 10.1 Å². The first-order valence-corrected chi connectivity index (χ1v) is 8.36. The molecule has 1 heterocycles. The van der Waals surface area contributed by atoms with Gasteiger partial charge in [-0.2, -0.15) is 0 Å². The van der Waals surface area contributed by atoms with Crippen molar-refractivity contribution in [3.63, 3.8) is 0 Å². The van der Waals surface area contributed by atoms with Crippen LogP contribution in [0.5, 0.6) is 5.75 Å². The number of benzene rings is 3. The van der Waals surface area contributed by atoms with Crippen molar-refractivity contribution in [2.24, 2.45) is 0 Å². The molecule has 2 heteroatoms. The van der Waals surface area contributed by atoms with E-state index in [0.717, 1.165) is 0 Å². The first-order chi connectivity index (χ1) is 12.1. The Hall–Kier alpha value is -3.00. The molecule has 2 nitrogen and oxygen atoms in total. The van der Waals surface area contributed by atoms with Crippen LogP contribution < -0.4 is 0 Å². The van der Waals surface area contributed by atoms with Crippen molar-refractivity contribution in [2.45, 2.75) is 20.8 Å². The minimum absolute atomic E-state index is 0.329. The summed E-state index contributed by atoms with van der Waals surface area (Å²) in [6, 6.07) is 25.7. The van der Waals surface area contributed by atoms with Crippen molar-refractivity contribution in [1.29, 1.82) is 0 Å². The quantitative estimate of drug-likeness (QED) is 0.397. The highest BCUT2D eigenvalue weighted by Crippen LogP contribution is 2.15. The maximum absolute atomic E-state index is 8.76. The second-order valence-corrected chi connectivity index (χ2v) is 6.01. The summed E-state index contributed by atoms with van der Waals surface area (Å²) in [5.41, 5.74) is 5.03. The highest BCUT2D eigenvalue weighted by Gasteiger charge is 1.94. The van der Waals surface area contributed by atoms with E-state index in [1.165, 1.54) is 27.6 Å². The highest BCUT2D eigenvalue weighted by molar-refractivity contribution is 5.82. The summed E-state index contributed by atoms with van der Waals surface area (Å²) >= 11 is 0. The van der Waals surface area contributed by atoms with E-state index in [0.29, 0.717) is 5.75 Å². The number of phenolic OH excluding ortho intramolecular Hbond substituents is 1. The van der Waals surface area contributed by atoms with E-state index < -0.39 is 0 Å². The van der Waals surface area contributed by atoms with Gasteiger partial charge in [-0.3, -0.25) is 0 Å². The standard InChI is InChI=1S/C9H9N.C7H8O.C7H8/c1-7-6-10-9-5-3-2-4-8(7)9;1-6-2-4-7(8)5-3-6;1-7-5-3-2-4-6-7/h2-6,10H,1H3;2-5,8H,1H3;2-6H,1H3. The lowest BCUT2D eigenvalue weighted by atomic mass is 10.2.